The van der Waals surface area contributed by atoms with Crippen molar-refractivity contribution in [3.8, 4) is 0 Å². The Hall–Kier alpha value is -1.25. The van der Waals surface area contributed by atoms with Crippen molar-refractivity contribution in [3.63, 3.8) is 0 Å². The van der Waals surface area contributed by atoms with E-state index in [2.05, 4.69) is 9.97 Å². The fourth-order valence-corrected chi connectivity index (χ4v) is 1.75. The predicted molar refractivity (Wildman–Crippen MR) is 57.6 cm³/mol. The van der Waals surface area contributed by atoms with E-state index in [1.807, 2.05) is 12.3 Å². The van der Waals surface area contributed by atoms with Crippen molar-refractivity contribution in [2.75, 3.05) is 0 Å². The van der Waals surface area contributed by atoms with Crippen LogP contribution in [0.25, 0.3) is 0 Å². The van der Waals surface area contributed by atoms with Crippen LogP contribution in [0.15, 0.2) is 12.3 Å². The number of nitrogens with zero attached hydrogens (tertiary/aromatic N) is 2. The zero-order valence-corrected chi connectivity index (χ0v) is 9.07. The summed E-state index contributed by atoms with van der Waals surface area (Å²) in [5.74, 6) is 1.66. The van der Waals surface area contributed by atoms with E-state index in [9.17, 15) is 4.79 Å². The molecule has 0 bridgehead atoms. The number of carbonyl (C=O) groups excluding carboxylic acids is 1. The van der Waals surface area contributed by atoms with Crippen molar-refractivity contribution >= 4 is 5.78 Å². The molecule has 80 valence electrons. The zero-order valence-electron chi connectivity index (χ0n) is 9.07. The summed E-state index contributed by atoms with van der Waals surface area (Å²) in [6.45, 7) is 1.61. The van der Waals surface area contributed by atoms with Crippen LogP contribution in [0.2, 0.25) is 0 Å². The van der Waals surface area contributed by atoms with Gasteiger partial charge >= 0.3 is 0 Å². The number of ketones is 1. The molecular weight excluding hydrogens is 188 g/mol. The second-order valence-corrected chi connectivity index (χ2v) is 4.23. The van der Waals surface area contributed by atoms with Crippen molar-refractivity contribution < 1.29 is 4.79 Å². The van der Waals surface area contributed by atoms with Crippen LogP contribution in [0, 0.1) is 0 Å². The molecule has 0 radical (unpaired) electrons. The van der Waals surface area contributed by atoms with Gasteiger partial charge in [-0.3, -0.25) is 0 Å². The molecule has 0 saturated heterocycles. The lowest BCUT2D eigenvalue weighted by Gasteiger charge is -2.24. The summed E-state index contributed by atoms with van der Waals surface area (Å²) in [5.41, 5.74) is 1.16. The first kappa shape index (κ1) is 10.3. The van der Waals surface area contributed by atoms with Crippen molar-refractivity contribution in [1.82, 2.24) is 9.97 Å². The van der Waals surface area contributed by atoms with Gasteiger partial charge in [-0.15, -0.1) is 0 Å². The second-order valence-electron chi connectivity index (χ2n) is 4.23. The van der Waals surface area contributed by atoms with Crippen LogP contribution in [0.5, 0.6) is 0 Å². The average Bonchev–Trinajstić information content (AvgIpc) is 2.13. The minimum atomic E-state index is 0.202. The van der Waals surface area contributed by atoms with Gasteiger partial charge in [0.25, 0.3) is 0 Å². The maximum absolute atomic E-state index is 10.8. The van der Waals surface area contributed by atoms with Gasteiger partial charge in [-0.1, -0.05) is 6.42 Å². The van der Waals surface area contributed by atoms with Gasteiger partial charge in [0, 0.05) is 30.7 Å². The molecule has 0 atom stereocenters. The normalized spacial score (nSPS) is 16.1. The molecule has 1 aromatic heterocycles. The molecule has 3 heteroatoms. The Labute approximate surface area is 89.9 Å². The van der Waals surface area contributed by atoms with Gasteiger partial charge in [0.1, 0.15) is 11.6 Å². The van der Waals surface area contributed by atoms with E-state index in [1.165, 1.54) is 19.3 Å². The van der Waals surface area contributed by atoms with E-state index in [0.717, 1.165) is 11.5 Å². The van der Waals surface area contributed by atoms with Gasteiger partial charge < -0.3 is 4.79 Å². The Bertz CT molecular complexity index is 358. The molecule has 1 saturated carbocycles. The van der Waals surface area contributed by atoms with Gasteiger partial charge in [-0.25, -0.2) is 9.97 Å². The minimum Gasteiger partial charge on any atom is -0.300 e. The minimum absolute atomic E-state index is 0.202. The maximum atomic E-state index is 10.8. The zero-order chi connectivity index (χ0) is 10.7. The molecule has 1 aliphatic rings. The third kappa shape index (κ3) is 2.61. The molecule has 0 unspecified atom stereocenters. The standard InChI is InChI=1S/C12H16N2O/c1-9(15)5-6-12-13-8-7-11(14-12)10-3-2-4-10/h7-8,10H,2-6H2,1H3. The van der Waals surface area contributed by atoms with Crippen LogP contribution in [0.1, 0.15) is 50.0 Å². The fraction of sp³-hybridized carbons (Fsp3) is 0.583. The average molecular weight is 204 g/mol. The monoisotopic (exact) mass is 204 g/mol. The summed E-state index contributed by atoms with van der Waals surface area (Å²) in [5, 5.41) is 0. The molecule has 0 amide bonds. The SMILES string of the molecule is CC(=O)CCc1nccc(C2CCC2)n1. The van der Waals surface area contributed by atoms with Gasteiger partial charge in [-0.05, 0) is 25.8 Å². The number of aromatic nitrogens is 2. The molecule has 2 rings (SSSR count). The second kappa shape index (κ2) is 4.51. The van der Waals surface area contributed by atoms with E-state index in [-0.39, 0.29) is 5.78 Å². The van der Waals surface area contributed by atoms with Crippen molar-refractivity contribution in [2.45, 2.75) is 44.9 Å². The molecule has 1 aromatic rings. The third-order valence-electron chi connectivity index (χ3n) is 2.95. The van der Waals surface area contributed by atoms with E-state index in [4.69, 9.17) is 0 Å². The highest BCUT2D eigenvalue weighted by atomic mass is 16.1. The fourth-order valence-electron chi connectivity index (χ4n) is 1.75. The Morgan fingerprint density at radius 1 is 1.53 bits per heavy atom. The van der Waals surface area contributed by atoms with Gasteiger partial charge in [0.05, 0.1) is 0 Å². The van der Waals surface area contributed by atoms with Crippen molar-refractivity contribution in [3.05, 3.63) is 23.8 Å². The third-order valence-corrected chi connectivity index (χ3v) is 2.95. The van der Waals surface area contributed by atoms with Gasteiger partial charge in [0.15, 0.2) is 0 Å². The molecule has 0 spiro atoms. The van der Waals surface area contributed by atoms with E-state index in [1.54, 1.807) is 6.92 Å². The molecule has 0 aromatic carbocycles. The smallest absolute Gasteiger partial charge is 0.130 e. The summed E-state index contributed by atoms with van der Waals surface area (Å²) in [4.78, 5) is 19.5. The molecule has 1 aliphatic carbocycles. The van der Waals surface area contributed by atoms with Crippen molar-refractivity contribution in [1.29, 1.82) is 0 Å². The van der Waals surface area contributed by atoms with E-state index >= 15 is 0 Å². The van der Waals surface area contributed by atoms with Gasteiger partial charge in [0.2, 0.25) is 0 Å². The summed E-state index contributed by atoms with van der Waals surface area (Å²) in [7, 11) is 0. The molecule has 3 nitrogen and oxygen atoms in total. The lowest BCUT2D eigenvalue weighted by Crippen LogP contribution is -2.12. The van der Waals surface area contributed by atoms with Gasteiger partial charge in [-0.2, -0.15) is 0 Å². The quantitative estimate of drug-likeness (QED) is 0.755. The Balaban J connectivity index is 2.01. The maximum Gasteiger partial charge on any atom is 0.130 e. The molecule has 15 heavy (non-hydrogen) atoms. The summed E-state index contributed by atoms with van der Waals surface area (Å²) < 4.78 is 0. The lowest BCUT2D eigenvalue weighted by atomic mass is 9.83. The molecule has 0 N–H and O–H groups in total. The van der Waals surface area contributed by atoms with Crippen LogP contribution in [0.4, 0.5) is 0 Å². The number of hydrogen-bond donors (Lipinski definition) is 0. The Morgan fingerprint density at radius 3 is 2.93 bits per heavy atom. The first-order valence-corrected chi connectivity index (χ1v) is 5.57. The van der Waals surface area contributed by atoms with Crippen LogP contribution >= 0.6 is 0 Å². The van der Waals surface area contributed by atoms with Crippen LogP contribution < -0.4 is 0 Å². The number of rotatable bonds is 4. The number of hydrogen-bond acceptors (Lipinski definition) is 3. The Kier molecular flexibility index (Phi) is 3.09. The topological polar surface area (TPSA) is 42.9 Å². The molecule has 1 fully saturated rings. The molecule has 0 aliphatic heterocycles. The highest BCUT2D eigenvalue weighted by Crippen LogP contribution is 2.34. The molecular formula is C12H16N2O. The predicted octanol–water partition coefficient (Wildman–Crippen LogP) is 2.27. The van der Waals surface area contributed by atoms with Crippen LogP contribution in [0.3, 0.4) is 0 Å². The number of carbonyl (C=O) groups is 1. The summed E-state index contributed by atoms with van der Waals surface area (Å²) in [6, 6.07) is 2.00. The van der Waals surface area contributed by atoms with E-state index in [0.29, 0.717) is 18.8 Å². The number of Topliss-reactive ketones (excluding diaryl/α,β-unsaturated/α-hetero) is 1. The van der Waals surface area contributed by atoms with Crippen LogP contribution in [-0.2, 0) is 11.2 Å². The highest BCUT2D eigenvalue weighted by Gasteiger charge is 2.20. The van der Waals surface area contributed by atoms with Crippen LogP contribution in [-0.4, -0.2) is 15.8 Å². The Morgan fingerprint density at radius 2 is 2.33 bits per heavy atom. The summed E-state index contributed by atoms with van der Waals surface area (Å²) >= 11 is 0. The lowest BCUT2D eigenvalue weighted by molar-refractivity contribution is -0.117. The van der Waals surface area contributed by atoms with Crippen molar-refractivity contribution in [2.24, 2.45) is 0 Å². The molecule has 1 heterocycles. The highest BCUT2D eigenvalue weighted by molar-refractivity contribution is 5.75. The van der Waals surface area contributed by atoms with E-state index < -0.39 is 0 Å². The largest absolute Gasteiger partial charge is 0.300 e. The summed E-state index contributed by atoms with van der Waals surface area (Å²) in [6.07, 6.45) is 6.86. The number of aryl methyl sites for hydroxylation is 1. The first-order chi connectivity index (χ1) is 7.25. The first-order valence-electron chi connectivity index (χ1n) is 5.57.